The molecule has 156 valence electrons. The molecule has 1 aliphatic rings. The monoisotopic (exact) mass is 426 g/mol. The van der Waals surface area contributed by atoms with Crippen LogP contribution in [0.3, 0.4) is 0 Å². The molecule has 4 heterocycles. The highest BCUT2D eigenvalue weighted by atomic mass is 35.5. The standard InChI is InChI=1S/C21H22N6O2.ClH/c1-13(14-5-3-2-4-6-14)19-25-21(29-26-19)16-12-23-27-17(11-18(28)24-20(16)27)15-7-9-22-10-8-15;/h2-6,11-13,15,22H,7-10H2,1H3,(H,24,28);1H. The topological polar surface area (TPSA) is 101 Å². The lowest BCUT2D eigenvalue weighted by Gasteiger charge is -2.23. The molecule has 0 bridgehead atoms. The van der Waals surface area contributed by atoms with Crippen LogP contribution in [-0.4, -0.2) is 37.8 Å². The summed E-state index contributed by atoms with van der Waals surface area (Å²) in [6.07, 6.45) is 3.64. The fraction of sp³-hybridized carbons (Fsp3) is 0.333. The van der Waals surface area contributed by atoms with Crippen LogP contribution in [0.25, 0.3) is 17.1 Å². The first-order chi connectivity index (χ1) is 14.2. The SMILES string of the molecule is CC(c1ccccc1)c1noc(-c2cnn3c(C4CCNCC4)cc(=O)[nH]c23)n1.Cl. The van der Waals surface area contributed by atoms with E-state index in [0.717, 1.165) is 37.2 Å². The third-order valence-electron chi connectivity index (χ3n) is 5.65. The maximum atomic E-state index is 12.3. The van der Waals surface area contributed by atoms with Crippen molar-refractivity contribution in [1.82, 2.24) is 30.1 Å². The normalized spacial score (nSPS) is 15.8. The van der Waals surface area contributed by atoms with E-state index in [1.165, 1.54) is 0 Å². The molecule has 9 heteroatoms. The van der Waals surface area contributed by atoms with Crippen molar-refractivity contribution in [2.24, 2.45) is 0 Å². The van der Waals surface area contributed by atoms with Gasteiger partial charge in [0.25, 0.3) is 11.4 Å². The first-order valence-corrected chi connectivity index (χ1v) is 9.91. The Morgan fingerprint density at radius 1 is 1.20 bits per heavy atom. The highest BCUT2D eigenvalue weighted by Gasteiger charge is 2.23. The summed E-state index contributed by atoms with van der Waals surface area (Å²) in [5, 5.41) is 12.0. The summed E-state index contributed by atoms with van der Waals surface area (Å²) in [5.74, 6) is 1.25. The van der Waals surface area contributed by atoms with Crippen molar-refractivity contribution >= 4 is 18.1 Å². The Bertz CT molecular complexity index is 1190. The number of rotatable bonds is 4. The molecule has 1 atom stereocenters. The minimum atomic E-state index is -0.148. The van der Waals surface area contributed by atoms with E-state index in [2.05, 4.69) is 25.5 Å². The van der Waals surface area contributed by atoms with Crippen molar-refractivity contribution < 1.29 is 4.52 Å². The van der Waals surface area contributed by atoms with Gasteiger partial charge in [-0.3, -0.25) is 4.79 Å². The van der Waals surface area contributed by atoms with Crippen molar-refractivity contribution in [2.45, 2.75) is 31.6 Å². The van der Waals surface area contributed by atoms with Gasteiger partial charge in [0, 0.05) is 17.9 Å². The molecule has 1 aliphatic heterocycles. The van der Waals surface area contributed by atoms with Crippen LogP contribution in [0.15, 0.2) is 51.9 Å². The number of fused-ring (bicyclic) bond motifs is 1. The van der Waals surface area contributed by atoms with E-state index < -0.39 is 0 Å². The van der Waals surface area contributed by atoms with Crippen LogP contribution in [0.5, 0.6) is 0 Å². The van der Waals surface area contributed by atoms with E-state index in [4.69, 9.17) is 4.52 Å². The smallest absolute Gasteiger partial charge is 0.263 e. The number of nitrogens with one attached hydrogen (secondary N) is 2. The second-order valence-corrected chi connectivity index (χ2v) is 7.49. The van der Waals surface area contributed by atoms with Crippen LogP contribution in [0, 0.1) is 0 Å². The predicted molar refractivity (Wildman–Crippen MR) is 115 cm³/mol. The van der Waals surface area contributed by atoms with E-state index in [0.29, 0.717) is 28.8 Å². The molecular weight excluding hydrogens is 404 g/mol. The quantitative estimate of drug-likeness (QED) is 0.520. The Morgan fingerprint density at radius 3 is 2.73 bits per heavy atom. The van der Waals surface area contributed by atoms with Gasteiger partial charge in [-0.1, -0.05) is 42.4 Å². The second-order valence-electron chi connectivity index (χ2n) is 7.49. The average molecular weight is 427 g/mol. The maximum absolute atomic E-state index is 12.3. The number of benzene rings is 1. The van der Waals surface area contributed by atoms with Crippen molar-refractivity contribution in [3.8, 4) is 11.5 Å². The summed E-state index contributed by atoms with van der Waals surface area (Å²) in [4.78, 5) is 19.8. The number of piperidine rings is 1. The first-order valence-electron chi connectivity index (χ1n) is 9.91. The first kappa shape index (κ1) is 20.3. The van der Waals surface area contributed by atoms with Crippen molar-refractivity contribution in [1.29, 1.82) is 0 Å². The van der Waals surface area contributed by atoms with Gasteiger partial charge >= 0.3 is 0 Å². The van der Waals surface area contributed by atoms with Crippen LogP contribution < -0.4 is 10.9 Å². The van der Waals surface area contributed by atoms with Gasteiger partial charge in [0.05, 0.1) is 11.9 Å². The van der Waals surface area contributed by atoms with Crippen LogP contribution in [-0.2, 0) is 0 Å². The Kier molecular flexibility index (Phi) is 5.69. The van der Waals surface area contributed by atoms with Crippen LogP contribution >= 0.6 is 12.4 Å². The van der Waals surface area contributed by atoms with E-state index in [1.54, 1.807) is 16.8 Å². The second kappa shape index (κ2) is 8.41. The molecule has 1 fully saturated rings. The number of hydrogen-bond acceptors (Lipinski definition) is 6. The molecular formula is C21H23ClN6O2. The number of halogens is 1. The molecule has 30 heavy (non-hydrogen) atoms. The molecule has 1 aromatic carbocycles. The minimum absolute atomic E-state index is 0. The predicted octanol–water partition coefficient (Wildman–Crippen LogP) is 3.11. The molecule has 3 aromatic heterocycles. The number of nitrogens with zero attached hydrogens (tertiary/aromatic N) is 4. The summed E-state index contributed by atoms with van der Waals surface area (Å²) in [6, 6.07) is 11.7. The lowest BCUT2D eigenvalue weighted by molar-refractivity contribution is 0.420. The highest BCUT2D eigenvalue weighted by molar-refractivity contribution is 5.85. The third-order valence-corrected chi connectivity index (χ3v) is 5.65. The number of aromatic nitrogens is 5. The Morgan fingerprint density at radius 2 is 1.97 bits per heavy atom. The van der Waals surface area contributed by atoms with E-state index in [-0.39, 0.29) is 23.9 Å². The van der Waals surface area contributed by atoms with Gasteiger partial charge < -0.3 is 14.8 Å². The fourth-order valence-electron chi connectivity index (χ4n) is 3.99. The zero-order valence-corrected chi connectivity index (χ0v) is 17.4. The van der Waals surface area contributed by atoms with Crippen molar-refractivity contribution in [3.05, 3.63) is 70.0 Å². The maximum Gasteiger partial charge on any atom is 0.263 e. The van der Waals surface area contributed by atoms with Crippen LogP contribution in [0.2, 0.25) is 0 Å². The summed E-state index contributed by atoms with van der Waals surface area (Å²) >= 11 is 0. The van der Waals surface area contributed by atoms with Crippen LogP contribution in [0.4, 0.5) is 0 Å². The van der Waals surface area contributed by atoms with Crippen LogP contribution in [0.1, 0.15) is 48.7 Å². The lowest BCUT2D eigenvalue weighted by Crippen LogP contribution is -2.28. The van der Waals surface area contributed by atoms with Gasteiger partial charge in [-0.15, -0.1) is 12.4 Å². The molecule has 0 saturated carbocycles. The molecule has 1 saturated heterocycles. The molecule has 0 radical (unpaired) electrons. The summed E-state index contributed by atoms with van der Waals surface area (Å²) in [5.41, 5.74) is 3.12. The lowest BCUT2D eigenvalue weighted by atomic mass is 9.94. The molecule has 0 amide bonds. The number of H-pyrrole nitrogens is 1. The summed E-state index contributed by atoms with van der Waals surface area (Å²) in [6.45, 7) is 3.92. The zero-order chi connectivity index (χ0) is 19.8. The van der Waals surface area contributed by atoms with Gasteiger partial charge in [0.15, 0.2) is 5.82 Å². The highest BCUT2D eigenvalue weighted by Crippen LogP contribution is 2.29. The molecule has 0 aliphatic carbocycles. The molecule has 8 nitrogen and oxygen atoms in total. The average Bonchev–Trinajstić information content (AvgIpc) is 3.41. The Hall–Kier alpha value is -2.97. The minimum Gasteiger partial charge on any atom is -0.334 e. The number of aromatic amines is 1. The van der Waals surface area contributed by atoms with Gasteiger partial charge in [0.2, 0.25) is 0 Å². The molecule has 5 rings (SSSR count). The molecule has 1 unspecified atom stereocenters. The Labute approximate surface area is 179 Å². The van der Waals surface area contributed by atoms with Gasteiger partial charge in [-0.25, -0.2) is 4.52 Å². The van der Waals surface area contributed by atoms with Crippen molar-refractivity contribution in [3.63, 3.8) is 0 Å². The molecule has 0 spiro atoms. The van der Waals surface area contributed by atoms with E-state index in [9.17, 15) is 4.79 Å². The fourth-order valence-corrected chi connectivity index (χ4v) is 3.99. The third kappa shape index (κ3) is 3.64. The molecule has 4 aromatic rings. The van der Waals surface area contributed by atoms with Gasteiger partial charge in [-0.05, 0) is 31.5 Å². The van der Waals surface area contributed by atoms with Gasteiger partial charge in [-0.2, -0.15) is 10.1 Å². The van der Waals surface area contributed by atoms with Crippen molar-refractivity contribution in [2.75, 3.05) is 13.1 Å². The van der Waals surface area contributed by atoms with E-state index >= 15 is 0 Å². The molecule has 2 N–H and O–H groups in total. The summed E-state index contributed by atoms with van der Waals surface area (Å²) < 4.78 is 7.34. The Balaban J connectivity index is 0.00000218. The largest absolute Gasteiger partial charge is 0.334 e. The zero-order valence-electron chi connectivity index (χ0n) is 16.5. The number of hydrogen-bond donors (Lipinski definition) is 2. The van der Waals surface area contributed by atoms with E-state index in [1.807, 2.05) is 37.3 Å². The summed E-state index contributed by atoms with van der Waals surface area (Å²) in [7, 11) is 0. The van der Waals surface area contributed by atoms with Gasteiger partial charge in [0.1, 0.15) is 11.2 Å².